The second-order valence-electron chi connectivity index (χ2n) is 5.41. The molecule has 0 bridgehead atoms. The summed E-state index contributed by atoms with van der Waals surface area (Å²) >= 11 is 2.19. The molecule has 4 nitrogen and oxygen atoms in total. The van der Waals surface area contributed by atoms with E-state index >= 15 is 0 Å². The highest BCUT2D eigenvalue weighted by molar-refractivity contribution is 14.1. The molecule has 0 aliphatic heterocycles. The smallest absolute Gasteiger partial charge is 0.219 e. The molecule has 0 aliphatic rings. The maximum absolute atomic E-state index is 9.36. The lowest BCUT2D eigenvalue weighted by molar-refractivity contribution is 0.405. The van der Waals surface area contributed by atoms with Crippen molar-refractivity contribution in [2.75, 3.05) is 12.4 Å². The third-order valence-corrected chi connectivity index (χ3v) is 4.22. The zero-order chi connectivity index (χ0) is 17.5. The van der Waals surface area contributed by atoms with Gasteiger partial charge in [0.2, 0.25) is 5.76 Å². The maximum atomic E-state index is 9.36. The van der Waals surface area contributed by atoms with Crippen molar-refractivity contribution in [3.63, 3.8) is 0 Å². The molecule has 0 amide bonds. The number of hydrogen-bond acceptors (Lipinski definition) is 4. The molecule has 0 aliphatic carbocycles. The van der Waals surface area contributed by atoms with Crippen LogP contribution in [0.5, 0.6) is 11.5 Å². The maximum Gasteiger partial charge on any atom is 0.219 e. The average Bonchev–Trinajstić information content (AvgIpc) is 2.59. The Morgan fingerprint density at radius 2 is 1.92 bits per heavy atom. The number of rotatable bonds is 6. The fraction of sp³-hybridized carbons (Fsp3) is 0.211. The Balaban J connectivity index is 2.27. The molecule has 0 atom stereocenters. The van der Waals surface area contributed by atoms with Gasteiger partial charge in [0.05, 0.1) is 16.9 Å². The highest BCUT2D eigenvalue weighted by Gasteiger charge is 2.14. The van der Waals surface area contributed by atoms with Crippen molar-refractivity contribution in [2.45, 2.75) is 19.8 Å². The average molecular weight is 434 g/mol. The summed E-state index contributed by atoms with van der Waals surface area (Å²) in [5, 5.41) is 12.4. The molecule has 0 unspecified atom stereocenters. The zero-order valence-corrected chi connectivity index (χ0v) is 16.0. The molecule has 0 spiro atoms. The number of anilines is 1. The van der Waals surface area contributed by atoms with Crippen LogP contribution in [0.15, 0.2) is 54.4 Å². The standard InChI is InChI=1S/C19H19IN2O2/c1-13(2)16-9-19(23-3)17(20)10-18(16)24-15(11-21)12-22-14-7-5-4-6-8-14/h4-10,12-13,22H,1-3H3. The topological polar surface area (TPSA) is 54.3 Å². The summed E-state index contributed by atoms with van der Waals surface area (Å²) in [5.74, 6) is 1.91. The summed E-state index contributed by atoms with van der Waals surface area (Å²) in [4.78, 5) is 0. The molecular formula is C19H19IN2O2. The van der Waals surface area contributed by atoms with Crippen LogP contribution in [0, 0.1) is 14.9 Å². The van der Waals surface area contributed by atoms with Crippen LogP contribution in [0.25, 0.3) is 0 Å². The van der Waals surface area contributed by atoms with Crippen LogP contribution in [-0.2, 0) is 0 Å². The van der Waals surface area contributed by atoms with Crippen molar-refractivity contribution in [1.82, 2.24) is 0 Å². The summed E-state index contributed by atoms with van der Waals surface area (Å²) < 4.78 is 12.1. The van der Waals surface area contributed by atoms with Gasteiger partial charge in [-0.3, -0.25) is 0 Å². The number of nitriles is 1. The summed E-state index contributed by atoms with van der Waals surface area (Å²) in [6.07, 6.45) is 1.57. The molecule has 0 aromatic heterocycles. The number of halogens is 1. The normalized spacial score (nSPS) is 11.1. The second-order valence-corrected chi connectivity index (χ2v) is 6.57. The first-order valence-electron chi connectivity index (χ1n) is 7.52. The molecule has 0 heterocycles. The van der Waals surface area contributed by atoms with E-state index in [1.165, 1.54) is 0 Å². The lowest BCUT2D eigenvalue weighted by Crippen LogP contribution is -2.02. The molecule has 0 saturated heterocycles. The third-order valence-electron chi connectivity index (χ3n) is 3.38. The van der Waals surface area contributed by atoms with Crippen LogP contribution in [0.1, 0.15) is 25.3 Å². The van der Waals surface area contributed by atoms with Crippen molar-refractivity contribution < 1.29 is 9.47 Å². The number of para-hydroxylation sites is 1. The van der Waals surface area contributed by atoms with Crippen molar-refractivity contribution >= 4 is 28.3 Å². The highest BCUT2D eigenvalue weighted by Crippen LogP contribution is 2.35. The summed E-state index contributed by atoms with van der Waals surface area (Å²) in [7, 11) is 1.65. The van der Waals surface area contributed by atoms with E-state index < -0.39 is 0 Å². The van der Waals surface area contributed by atoms with Gasteiger partial charge in [0.25, 0.3) is 0 Å². The van der Waals surface area contributed by atoms with Gasteiger partial charge in [-0.15, -0.1) is 0 Å². The number of hydrogen-bond donors (Lipinski definition) is 1. The van der Waals surface area contributed by atoms with Crippen molar-refractivity contribution in [3.05, 3.63) is 63.6 Å². The Kier molecular flexibility index (Phi) is 6.50. The molecule has 1 N–H and O–H groups in total. The van der Waals surface area contributed by atoms with E-state index in [-0.39, 0.29) is 11.7 Å². The number of allylic oxidation sites excluding steroid dienone is 1. The Morgan fingerprint density at radius 3 is 2.50 bits per heavy atom. The molecule has 2 aromatic carbocycles. The lowest BCUT2D eigenvalue weighted by Gasteiger charge is -2.16. The number of methoxy groups -OCH3 is 1. The van der Waals surface area contributed by atoms with Gasteiger partial charge in [-0.05, 0) is 52.8 Å². The molecule has 2 aromatic rings. The fourth-order valence-electron chi connectivity index (χ4n) is 2.13. The van der Waals surface area contributed by atoms with Crippen molar-refractivity contribution in [3.8, 4) is 17.6 Å². The second kappa shape index (κ2) is 8.60. The zero-order valence-electron chi connectivity index (χ0n) is 13.8. The van der Waals surface area contributed by atoms with E-state index in [1.807, 2.05) is 42.5 Å². The molecule has 24 heavy (non-hydrogen) atoms. The first-order valence-corrected chi connectivity index (χ1v) is 8.60. The minimum atomic E-state index is 0.196. The highest BCUT2D eigenvalue weighted by atomic mass is 127. The van der Waals surface area contributed by atoms with E-state index in [0.717, 1.165) is 20.6 Å². The predicted molar refractivity (Wildman–Crippen MR) is 104 cm³/mol. The summed E-state index contributed by atoms with van der Waals surface area (Å²) in [6, 6.07) is 15.5. The van der Waals surface area contributed by atoms with E-state index in [0.29, 0.717) is 5.75 Å². The first-order chi connectivity index (χ1) is 11.5. The van der Waals surface area contributed by atoms with Gasteiger partial charge in [-0.25, -0.2) is 0 Å². The number of benzene rings is 2. The van der Waals surface area contributed by atoms with Crippen LogP contribution in [0.2, 0.25) is 0 Å². The molecule has 0 fully saturated rings. The predicted octanol–water partition coefficient (Wildman–Crippen LogP) is 5.28. The van der Waals surface area contributed by atoms with Gasteiger partial charge >= 0.3 is 0 Å². The van der Waals surface area contributed by atoms with E-state index in [2.05, 4.69) is 47.8 Å². The molecule has 5 heteroatoms. The van der Waals surface area contributed by atoms with Crippen LogP contribution in [0.4, 0.5) is 5.69 Å². The van der Waals surface area contributed by atoms with Gasteiger partial charge < -0.3 is 14.8 Å². The lowest BCUT2D eigenvalue weighted by atomic mass is 10.0. The van der Waals surface area contributed by atoms with E-state index in [4.69, 9.17) is 9.47 Å². The first kappa shape index (κ1) is 18.1. The Labute approximate surface area is 156 Å². The SMILES string of the molecule is COc1cc(C(C)C)c(OC(C#N)=CNc2ccccc2)cc1I. The van der Waals surface area contributed by atoms with Crippen LogP contribution >= 0.6 is 22.6 Å². The molecule has 124 valence electrons. The molecule has 0 saturated carbocycles. The van der Waals surface area contributed by atoms with Gasteiger partial charge in [0.15, 0.2) is 0 Å². The quantitative estimate of drug-likeness (QED) is 0.382. The number of nitrogens with one attached hydrogen (secondary N) is 1. The van der Waals surface area contributed by atoms with Gasteiger partial charge in [0.1, 0.15) is 17.6 Å². The van der Waals surface area contributed by atoms with Crippen molar-refractivity contribution in [1.29, 1.82) is 5.26 Å². The third kappa shape index (κ3) is 4.65. The van der Waals surface area contributed by atoms with Crippen LogP contribution in [-0.4, -0.2) is 7.11 Å². The van der Waals surface area contributed by atoms with Crippen LogP contribution in [0.3, 0.4) is 0 Å². The molecule has 0 radical (unpaired) electrons. The largest absolute Gasteiger partial charge is 0.496 e. The van der Waals surface area contributed by atoms with E-state index in [9.17, 15) is 5.26 Å². The van der Waals surface area contributed by atoms with E-state index in [1.54, 1.807) is 13.3 Å². The summed E-state index contributed by atoms with van der Waals surface area (Å²) in [5.41, 5.74) is 1.88. The van der Waals surface area contributed by atoms with Crippen LogP contribution < -0.4 is 14.8 Å². The number of nitrogens with zero attached hydrogens (tertiary/aromatic N) is 1. The van der Waals surface area contributed by atoms with Gasteiger partial charge in [-0.2, -0.15) is 5.26 Å². The fourth-order valence-corrected chi connectivity index (χ4v) is 2.79. The Hall–Kier alpha value is -2.20. The van der Waals surface area contributed by atoms with Gasteiger partial charge in [-0.1, -0.05) is 32.0 Å². The monoisotopic (exact) mass is 434 g/mol. The number of ether oxygens (including phenoxy) is 2. The minimum Gasteiger partial charge on any atom is -0.496 e. The molecule has 2 rings (SSSR count). The molecular weight excluding hydrogens is 415 g/mol. The summed E-state index contributed by atoms with van der Waals surface area (Å²) in [6.45, 7) is 4.15. The minimum absolute atomic E-state index is 0.196. The van der Waals surface area contributed by atoms with Crippen molar-refractivity contribution in [2.24, 2.45) is 0 Å². The Bertz CT molecular complexity index is 765. The Morgan fingerprint density at radius 1 is 1.21 bits per heavy atom. The van der Waals surface area contributed by atoms with Gasteiger partial charge in [0, 0.05) is 11.3 Å².